The van der Waals surface area contributed by atoms with Gasteiger partial charge in [-0.05, 0) is 80.9 Å². The number of hydrogen-bond acceptors (Lipinski definition) is 5. The standard InChI is InChI=1S/C28H34ClFN2O2S/c1-20-5-3-4-6-26(20)35-16-15-32-13-11-28(19-33,12-14-32)10-9-24(30)27-22-17-21(34-2)7-8-25(22)31-18-23(27)29/h3-8,17-18,24,33H,9-16,19H2,1-2H3/t24-/m0/s1. The lowest BCUT2D eigenvalue weighted by molar-refractivity contribution is 0.0323. The van der Waals surface area contributed by atoms with Crippen molar-refractivity contribution in [3.8, 4) is 5.75 Å². The van der Waals surface area contributed by atoms with Crippen LogP contribution in [-0.2, 0) is 0 Å². The molecule has 0 unspecified atom stereocenters. The summed E-state index contributed by atoms with van der Waals surface area (Å²) in [6, 6.07) is 13.9. The van der Waals surface area contributed by atoms with Crippen LogP contribution >= 0.6 is 23.4 Å². The highest BCUT2D eigenvalue weighted by atomic mass is 35.5. The molecule has 2 heterocycles. The zero-order chi connectivity index (χ0) is 24.8. The second kappa shape index (κ2) is 11.9. The van der Waals surface area contributed by atoms with Gasteiger partial charge in [-0.15, -0.1) is 11.8 Å². The molecule has 1 aliphatic heterocycles. The highest BCUT2D eigenvalue weighted by Gasteiger charge is 2.35. The number of likely N-dealkylation sites (tertiary alicyclic amines) is 1. The first kappa shape index (κ1) is 26.2. The minimum Gasteiger partial charge on any atom is -0.497 e. The number of aliphatic hydroxyl groups is 1. The third-order valence-electron chi connectivity index (χ3n) is 7.32. The molecule has 7 heteroatoms. The zero-order valence-corrected chi connectivity index (χ0v) is 22.0. The monoisotopic (exact) mass is 516 g/mol. The maximum Gasteiger partial charge on any atom is 0.127 e. The summed E-state index contributed by atoms with van der Waals surface area (Å²) < 4.78 is 20.9. The van der Waals surface area contributed by atoms with Crippen molar-refractivity contribution in [2.45, 2.75) is 43.7 Å². The number of rotatable bonds is 10. The van der Waals surface area contributed by atoms with E-state index < -0.39 is 6.17 Å². The third-order valence-corrected chi connectivity index (χ3v) is 8.78. The average Bonchev–Trinajstić information content (AvgIpc) is 2.89. The van der Waals surface area contributed by atoms with Crippen molar-refractivity contribution in [3.05, 3.63) is 64.8 Å². The molecule has 1 aliphatic rings. The van der Waals surface area contributed by atoms with E-state index in [1.54, 1.807) is 13.2 Å². The normalized spacial score (nSPS) is 16.9. The summed E-state index contributed by atoms with van der Waals surface area (Å²) in [4.78, 5) is 8.13. The molecule has 1 aromatic heterocycles. The average molecular weight is 517 g/mol. The van der Waals surface area contributed by atoms with Crippen LogP contribution in [0.15, 0.2) is 53.6 Å². The summed E-state index contributed by atoms with van der Waals surface area (Å²) in [5.74, 6) is 1.69. The molecule has 0 amide bonds. The van der Waals surface area contributed by atoms with Crippen molar-refractivity contribution in [1.29, 1.82) is 0 Å². The summed E-state index contributed by atoms with van der Waals surface area (Å²) in [5.41, 5.74) is 2.24. The molecule has 0 saturated carbocycles. The van der Waals surface area contributed by atoms with Crippen LogP contribution in [0.3, 0.4) is 0 Å². The molecule has 2 aromatic carbocycles. The first-order valence-corrected chi connectivity index (χ1v) is 13.6. The maximum absolute atomic E-state index is 15.6. The van der Waals surface area contributed by atoms with Crippen molar-refractivity contribution in [2.24, 2.45) is 5.41 Å². The van der Waals surface area contributed by atoms with E-state index in [9.17, 15) is 5.11 Å². The largest absolute Gasteiger partial charge is 0.497 e. The van der Waals surface area contributed by atoms with Gasteiger partial charge in [-0.25, -0.2) is 4.39 Å². The van der Waals surface area contributed by atoms with Crippen LogP contribution in [0, 0.1) is 12.3 Å². The third kappa shape index (κ3) is 6.29. The van der Waals surface area contributed by atoms with E-state index >= 15 is 4.39 Å². The van der Waals surface area contributed by atoms with E-state index in [0.717, 1.165) is 38.2 Å². The van der Waals surface area contributed by atoms with Crippen molar-refractivity contribution in [1.82, 2.24) is 9.88 Å². The van der Waals surface area contributed by atoms with Gasteiger partial charge < -0.3 is 14.7 Å². The predicted molar refractivity (Wildman–Crippen MR) is 143 cm³/mol. The molecular formula is C28H34ClFN2O2S. The summed E-state index contributed by atoms with van der Waals surface area (Å²) >= 11 is 8.30. The summed E-state index contributed by atoms with van der Waals surface area (Å²) in [5, 5.41) is 11.3. The zero-order valence-electron chi connectivity index (χ0n) is 20.5. The van der Waals surface area contributed by atoms with Gasteiger partial charge in [-0.2, -0.15) is 0 Å². The second-order valence-corrected chi connectivity index (χ2v) is 11.1. The number of benzene rings is 2. The van der Waals surface area contributed by atoms with Crippen molar-refractivity contribution in [3.63, 3.8) is 0 Å². The molecule has 0 spiro atoms. The van der Waals surface area contributed by atoms with E-state index in [1.807, 2.05) is 23.9 Å². The van der Waals surface area contributed by atoms with Crippen LogP contribution in [-0.4, -0.2) is 54.1 Å². The Morgan fingerprint density at radius 3 is 2.71 bits per heavy atom. The van der Waals surface area contributed by atoms with Gasteiger partial charge in [-0.1, -0.05) is 29.8 Å². The van der Waals surface area contributed by atoms with Gasteiger partial charge in [0, 0.05) is 40.9 Å². The number of aromatic nitrogens is 1. The van der Waals surface area contributed by atoms with Crippen LogP contribution in [0.5, 0.6) is 5.75 Å². The maximum atomic E-state index is 15.6. The number of halogens is 2. The fourth-order valence-electron chi connectivity index (χ4n) is 4.93. The van der Waals surface area contributed by atoms with Gasteiger partial charge in [0.1, 0.15) is 11.9 Å². The number of hydrogen-bond donors (Lipinski definition) is 1. The predicted octanol–water partition coefficient (Wildman–Crippen LogP) is 6.86. The molecule has 4 rings (SSSR count). The molecule has 1 fully saturated rings. The number of piperidine rings is 1. The Hall–Kier alpha value is -1.86. The fourth-order valence-corrected chi connectivity index (χ4v) is 6.24. The van der Waals surface area contributed by atoms with Crippen LogP contribution < -0.4 is 4.74 Å². The lowest BCUT2D eigenvalue weighted by atomic mass is 9.74. The van der Waals surface area contributed by atoms with Gasteiger partial charge >= 0.3 is 0 Å². The smallest absolute Gasteiger partial charge is 0.127 e. The Balaban J connectivity index is 1.34. The number of alkyl halides is 1. The fraction of sp³-hybridized carbons (Fsp3) is 0.464. The molecular weight excluding hydrogens is 483 g/mol. The number of methoxy groups -OCH3 is 1. The van der Waals surface area contributed by atoms with Gasteiger partial charge in [0.2, 0.25) is 0 Å². The molecule has 3 aromatic rings. The molecule has 1 saturated heterocycles. The molecule has 0 radical (unpaired) electrons. The molecule has 1 N–H and O–H groups in total. The number of fused-ring (bicyclic) bond motifs is 1. The minimum atomic E-state index is -1.23. The van der Waals surface area contributed by atoms with E-state index in [4.69, 9.17) is 16.3 Å². The van der Waals surface area contributed by atoms with Crippen molar-refractivity contribution in [2.75, 3.05) is 39.1 Å². The summed E-state index contributed by atoms with van der Waals surface area (Å²) in [6.45, 7) is 5.12. The number of thioether (sulfide) groups is 1. The highest BCUT2D eigenvalue weighted by Crippen LogP contribution is 2.42. The summed E-state index contributed by atoms with van der Waals surface area (Å²) in [7, 11) is 1.59. The van der Waals surface area contributed by atoms with E-state index in [-0.39, 0.29) is 12.0 Å². The first-order chi connectivity index (χ1) is 16.9. The molecule has 0 aliphatic carbocycles. The van der Waals surface area contributed by atoms with E-state index in [2.05, 4.69) is 41.1 Å². The topological polar surface area (TPSA) is 45.6 Å². The lowest BCUT2D eigenvalue weighted by Gasteiger charge is -2.41. The van der Waals surface area contributed by atoms with Crippen molar-refractivity contribution < 1.29 is 14.2 Å². The number of ether oxygens (including phenoxy) is 1. The SMILES string of the molecule is COc1ccc2ncc(Cl)c([C@@H](F)CCC3(CO)CCN(CCSc4ccccc4C)CC3)c2c1. The Morgan fingerprint density at radius 2 is 2.00 bits per heavy atom. The molecule has 188 valence electrons. The summed E-state index contributed by atoms with van der Waals surface area (Å²) in [6.07, 6.45) is 2.99. The Morgan fingerprint density at radius 1 is 1.23 bits per heavy atom. The van der Waals surface area contributed by atoms with Gasteiger partial charge in [0.15, 0.2) is 0 Å². The van der Waals surface area contributed by atoms with Crippen LogP contribution in [0.1, 0.15) is 43.0 Å². The van der Waals surface area contributed by atoms with Crippen LogP contribution in [0.25, 0.3) is 10.9 Å². The van der Waals surface area contributed by atoms with Gasteiger partial charge in [0.05, 0.1) is 17.6 Å². The number of aryl methyl sites for hydroxylation is 1. The first-order valence-electron chi connectivity index (χ1n) is 12.2. The highest BCUT2D eigenvalue weighted by molar-refractivity contribution is 7.99. The quantitative estimate of drug-likeness (QED) is 0.298. The van der Waals surface area contributed by atoms with E-state index in [0.29, 0.717) is 40.1 Å². The Bertz CT molecular complexity index is 1140. The Labute approximate surface area is 216 Å². The Kier molecular flexibility index (Phi) is 8.92. The molecule has 35 heavy (non-hydrogen) atoms. The van der Waals surface area contributed by atoms with Crippen LogP contribution in [0.4, 0.5) is 4.39 Å². The second-order valence-electron chi connectivity index (χ2n) is 9.52. The molecule has 1 atom stereocenters. The van der Waals surface area contributed by atoms with Crippen molar-refractivity contribution >= 4 is 34.3 Å². The van der Waals surface area contributed by atoms with E-state index in [1.165, 1.54) is 16.7 Å². The minimum absolute atomic E-state index is 0.0875. The number of pyridine rings is 1. The molecule has 0 bridgehead atoms. The number of nitrogens with zero attached hydrogens (tertiary/aromatic N) is 2. The van der Waals surface area contributed by atoms with Gasteiger partial charge in [-0.3, -0.25) is 4.98 Å². The molecule has 4 nitrogen and oxygen atoms in total. The lowest BCUT2D eigenvalue weighted by Crippen LogP contribution is -2.42. The van der Waals surface area contributed by atoms with Gasteiger partial charge in [0.25, 0.3) is 0 Å². The number of aliphatic hydroxyl groups excluding tert-OH is 1. The van der Waals surface area contributed by atoms with Crippen LogP contribution in [0.2, 0.25) is 5.02 Å².